The molecule has 1 unspecified atom stereocenters. The average Bonchev–Trinajstić information content (AvgIpc) is 2.93. The molecule has 0 heterocycles. The van der Waals surface area contributed by atoms with Crippen LogP contribution in [0.5, 0.6) is 5.75 Å². The minimum Gasteiger partial charge on any atom is -0.492 e. The monoisotopic (exact) mass is 282 g/mol. The fourth-order valence-electron chi connectivity index (χ4n) is 2.32. The van der Waals surface area contributed by atoms with Crippen LogP contribution in [0.4, 0.5) is 0 Å². The van der Waals surface area contributed by atoms with Gasteiger partial charge in [-0.2, -0.15) is 0 Å². The molecule has 0 aromatic heterocycles. The molecule has 1 aliphatic rings. The Morgan fingerprint density at radius 2 is 2.00 bits per heavy atom. The van der Waals surface area contributed by atoms with Gasteiger partial charge in [-0.3, -0.25) is 4.21 Å². The summed E-state index contributed by atoms with van der Waals surface area (Å²) in [5.74, 6) is -0.190. The first-order valence-electron chi connectivity index (χ1n) is 6.51. The van der Waals surface area contributed by atoms with E-state index in [1.165, 1.54) is 18.9 Å². The first-order chi connectivity index (χ1) is 9.18. The zero-order valence-corrected chi connectivity index (χ0v) is 11.5. The Balaban J connectivity index is 1.85. The van der Waals surface area contributed by atoms with Gasteiger partial charge in [0.15, 0.2) is 0 Å². The molecular weight excluding hydrogens is 264 g/mol. The summed E-state index contributed by atoms with van der Waals surface area (Å²) >= 11 is 0. The molecule has 0 radical (unpaired) electrons. The van der Waals surface area contributed by atoms with Crippen LogP contribution in [0.15, 0.2) is 24.3 Å². The lowest BCUT2D eigenvalue weighted by atomic mass is 10.2. The van der Waals surface area contributed by atoms with Crippen LogP contribution in [-0.2, 0) is 10.8 Å². The summed E-state index contributed by atoms with van der Waals surface area (Å²) in [5, 5.41) is 9.31. The van der Waals surface area contributed by atoms with E-state index in [1.54, 1.807) is 18.2 Å². The van der Waals surface area contributed by atoms with Gasteiger partial charge >= 0.3 is 5.97 Å². The predicted octanol–water partition coefficient (Wildman–Crippen LogP) is 2.45. The molecule has 1 aromatic carbocycles. The SMILES string of the molecule is O=C(O)c1ccccc1OCCS(=O)C1CCCC1. The zero-order valence-electron chi connectivity index (χ0n) is 10.7. The molecule has 104 valence electrons. The fourth-order valence-corrected chi connectivity index (χ4v) is 3.76. The van der Waals surface area contributed by atoms with Gasteiger partial charge in [0.1, 0.15) is 11.3 Å². The van der Waals surface area contributed by atoms with Crippen molar-refractivity contribution in [3.05, 3.63) is 29.8 Å². The molecule has 1 aliphatic carbocycles. The van der Waals surface area contributed by atoms with E-state index in [4.69, 9.17) is 9.84 Å². The first-order valence-corrected chi connectivity index (χ1v) is 7.89. The molecule has 1 fully saturated rings. The molecular formula is C14H18O4S. The highest BCUT2D eigenvalue weighted by Crippen LogP contribution is 2.23. The van der Waals surface area contributed by atoms with Crippen LogP contribution in [0.1, 0.15) is 36.0 Å². The third-order valence-electron chi connectivity index (χ3n) is 3.33. The molecule has 1 atom stereocenters. The van der Waals surface area contributed by atoms with E-state index in [9.17, 15) is 9.00 Å². The Kier molecular flexibility index (Phi) is 4.96. The lowest BCUT2D eigenvalue weighted by Gasteiger charge is -2.11. The van der Waals surface area contributed by atoms with E-state index < -0.39 is 16.8 Å². The van der Waals surface area contributed by atoms with Gasteiger partial charge in [0.05, 0.1) is 12.4 Å². The molecule has 4 nitrogen and oxygen atoms in total. The molecule has 0 amide bonds. The van der Waals surface area contributed by atoms with Gasteiger partial charge in [-0.25, -0.2) is 4.79 Å². The van der Waals surface area contributed by atoms with Crippen LogP contribution in [0.3, 0.4) is 0 Å². The maximum Gasteiger partial charge on any atom is 0.339 e. The Labute approximate surface area is 115 Å². The van der Waals surface area contributed by atoms with Gasteiger partial charge in [-0.1, -0.05) is 25.0 Å². The standard InChI is InChI=1S/C14H18O4S/c15-14(16)12-7-3-4-8-13(12)18-9-10-19(17)11-5-1-2-6-11/h3-4,7-8,11H,1-2,5-6,9-10H2,(H,15,16). The average molecular weight is 282 g/mol. The second-order valence-corrected chi connectivity index (χ2v) is 6.48. The van der Waals surface area contributed by atoms with Crippen LogP contribution in [-0.4, -0.2) is 32.9 Å². The third kappa shape index (κ3) is 3.80. The topological polar surface area (TPSA) is 63.6 Å². The summed E-state index contributed by atoms with van der Waals surface area (Å²) in [5.41, 5.74) is 0.147. The lowest BCUT2D eigenvalue weighted by Crippen LogP contribution is -2.18. The van der Waals surface area contributed by atoms with Crippen LogP contribution >= 0.6 is 0 Å². The van der Waals surface area contributed by atoms with Crippen molar-refractivity contribution in [2.45, 2.75) is 30.9 Å². The molecule has 0 bridgehead atoms. The number of benzene rings is 1. The lowest BCUT2D eigenvalue weighted by molar-refractivity contribution is 0.0692. The number of carbonyl (C=O) groups is 1. The van der Waals surface area contributed by atoms with Crippen LogP contribution < -0.4 is 4.74 Å². The zero-order chi connectivity index (χ0) is 13.7. The van der Waals surface area contributed by atoms with Gasteiger partial charge in [0, 0.05) is 16.0 Å². The Hall–Kier alpha value is -1.36. The molecule has 2 rings (SSSR count). The second kappa shape index (κ2) is 6.70. The third-order valence-corrected chi connectivity index (χ3v) is 5.12. The Morgan fingerprint density at radius 3 is 2.68 bits per heavy atom. The van der Waals surface area contributed by atoms with Crippen molar-refractivity contribution in [1.29, 1.82) is 0 Å². The Bertz CT molecular complexity index is 466. The van der Waals surface area contributed by atoms with Crippen molar-refractivity contribution in [1.82, 2.24) is 0 Å². The van der Waals surface area contributed by atoms with Crippen molar-refractivity contribution in [2.24, 2.45) is 0 Å². The summed E-state index contributed by atoms with van der Waals surface area (Å²) < 4.78 is 17.4. The maximum atomic E-state index is 12.0. The first kappa shape index (κ1) is 14.1. The van der Waals surface area contributed by atoms with Crippen molar-refractivity contribution < 1.29 is 18.8 Å². The van der Waals surface area contributed by atoms with Crippen LogP contribution in [0.25, 0.3) is 0 Å². The van der Waals surface area contributed by atoms with Crippen molar-refractivity contribution in [3.63, 3.8) is 0 Å². The van der Waals surface area contributed by atoms with Crippen molar-refractivity contribution >= 4 is 16.8 Å². The number of carboxylic acid groups (broad SMARTS) is 1. The van der Waals surface area contributed by atoms with E-state index in [1.807, 2.05) is 0 Å². The highest BCUT2D eigenvalue weighted by molar-refractivity contribution is 7.85. The molecule has 0 aliphatic heterocycles. The maximum absolute atomic E-state index is 12.0. The van der Waals surface area contributed by atoms with E-state index in [0.717, 1.165) is 12.8 Å². The molecule has 0 saturated heterocycles. The summed E-state index contributed by atoms with van der Waals surface area (Å²) in [6.07, 6.45) is 4.41. The number of aromatic carboxylic acids is 1. The Morgan fingerprint density at radius 1 is 1.32 bits per heavy atom. The number of para-hydroxylation sites is 1. The fraction of sp³-hybridized carbons (Fsp3) is 0.500. The van der Waals surface area contributed by atoms with Crippen LogP contribution in [0, 0.1) is 0 Å². The van der Waals surface area contributed by atoms with E-state index in [0.29, 0.717) is 23.4 Å². The van der Waals surface area contributed by atoms with E-state index >= 15 is 0 Å². The van der Waals surface area contributed by atoms with Crippen molar-refractivity contribution in [2.75, 3.05) is 12.4 Å². The van der Waals surface area contributed by atoms with Gasteiger partial charge in [-0.15, -0.1) is 0 Å². The van der Waals surface area contributed by atoms with Gasteiger partial charge < -0.3 is 9.84 Å². The summed E-state index contributed by atoms with van der Waals surface area (Å²) in [6.45, 7) is 0.299. The highest BCUT2D eigenvalue weighted by Gasteiger charge is 2.21. The van der Waals surface area contributed by atoms with Crippen molar-refractivity contribution in [3.8, 4) is 5.75 Å². The predicted molar refractivity (Wildman–Crippen MR) is 74.2 cm³/mol. The molecule has 1 aromatic rings. The molecule has 1 saturated carbocycles. The molecule has 19 heavy (non-hydrogen) atoms. The van der Waals surface area contributed by atoms with Crippen LogP contribution in [0.2, 0.25) is 0 Å². The van der Waals surface area contributed by atoms with E-state index in [2.05, 4.69) is 0 Å². The largest absolute Gasteiger partial charge is 0.492 e. The minimum atomic E-state index is -1.01. The van der Waals surface area contributed by atoms with Gasteiger partial charge in [0.2, 0.25) is 0 Å². The minimum absolute atomic E-state index is 0.147. The number of rotatable bonds is 6. The molecule has 1 N–H and O–H groups in total. The molecule has 0 spiro atoms. The second-order valence-electron chi connectivity index (χ2n) is 4.64. The highest BCUT2D eigenvalue weighted by atomic mass is 32.2. The summed E-state index contributed by atoms with van der Waals surface area (Å²) in [4.78, 5) is 11.0. The number of carboxylic acids is 1. The summed E-state index contributed by atoms with van der Waals surface area (Å²) in [7, 11) is -0.859. The van der Waals surface area contributed by atoms with E-state index in [-0.39, 0.29) is 5.56 Å². The van der Waals surface area contributed by atoms with Gasteiger partial charge in [0.25, 0.3) is 0 Å². The smallest absolute Gasteiger partial charge is 0.339 e. The normalized spacial score (nSPS) is 17.3. The summed E-state index contributed by atoms with van der Waals surface area (Å²) in [6, 6.07) is 6.52. The van der Waals surface area contributed by atoms with Gasteiger partial charge in [-0.05, 0) is 25.0 Å². The quantitative estimate of drug-likeness (QED) is 0.870. The molecule has 5 heteroatoms. The number of hydrogen-bond donors (Lipinski definition) is 1. The number of hydrogen-bond acceptors (Lipinski definition) is 3. The number of ether oxygens (including phenoxy) is 1.